The standard InChI is InChI=1S/C18H23N3/c1-5-18(15-8-6-13(2)7-9-15)20-12-16-10-17(11-19)21(4)14(16)3/h6-10,18,20H,5,12H2,1-4H3. The van der Waals surface area contributed by atoms with Crippen molar-refractivity contribution in [3.8, 4) is 6.07 Å². The van der Waals surface area contributed by atoms with Crippen molar-refractivity contribution in [2.24, 2.45) is 7.05 Å². The third kappa shape index (κ3) is 3.34. The summed E-state index contributed by atoms with van der Waals surface area (Å²) in [7, 11) is 1.94. The molecule has 1 heterocycles. The van der Waals surface area contributed by atoms with E-state index in [9.17, 15) is 0 Å². The van der Waals surface area contributed by atoms with Crippen molar-refractivity contribution in [1.82, 2.24) is 9.88 Å². The van der Waals surface area contributed by atoms with E-state index in [0.29, 0.717) is 11.7 Å². The highest BCUT2D eigenvalue weighted by Crippen LogP contribution is 2.19. The number of aromatic nitrogens is 1. The van der Waals surface area contributed by atoms with Crippen LogP contribution in [0.2, 0.25) is 0 Å². The first-order valence-electron chi connectivity index (χ1n) is 7.42. The van der Waals surface area contributed by atoms with Gasteiger partial charge in [-0.2, -0.15) is 5.26 Å². The Morgan fingerprint density at radius 3 is 2.43 bits per heavy atom. The Hall–Kier alpha value is -2.05. The average molecular weight is 281 g/mol. The highest BCUT2D eigenvalue weighted by Gasteiger charge is 2.12. The van der Waals surface area contributed by atoms with Gasteiger partial charge in [0.15, 0.2) is 0 Å². The molecular formula is C18H23N3. The minimum atomic E-state index is 0.343. The summed E-state index contributed by atoms with van der Waals surface area (Å²) in [6.07, 6.45) is 1.04. The first-order chi connectivity index (χ1) is 10.1. The summed E-state index contributed by atoms with van der Waals surface area (Å²) in [5, 5.41) is 12.7. The second-order valence-electron chi connectivity index (χ2n) is 5.56. The molecule has 2 aromatic rings. The van der Waals surface area contributed by atoms with Gasteiger partial charge in [0.25, 0.3) is 0 Å². The van der Waals surface area contributed by atoms with Crippen LogP contribution >= 0.6 is 0 Å². The van der Waals surface area contributed by atoms with Crippen molar-refractivity contribution in [1.29, 1.82) is 5.26 Å². The van der Waals surface area contributed by atoms with Crippen molar-refractivity contribution < 1.29 is 0 Å². The van der Waals surface area contributed by atoms with Crippen LogP contribution < -0.4 is 5.32 Å². The molecule has 21 heavy (non-hydrogen) atoms. The van der Waals surface area contributed by atoms with E-state index in [-0.39, 0.29) is 0 Å². The molecule has 0 radical (unpaired) electrons. The van der Waals surface area contributed by atoms with Gasteiger partial charge in [0.1, 0.15) is 11.8 Å². The smallest absolute Gasteiger partial charge is 0.120 e. The molecule has 0 saturated heterocycles. The Morgan fingerprint density at radius 2 is 1.90 bits per heavy atom. The van der Waals surface area contributed by atoms with Crippen molar-refractivity contribution in [2.75, 3.05) is 0 Å². The lowest BCUT2D eigenvalue weighted by atomic mass is 10.0. The molecule has 2 rings (SSSR count). The van der Waals surface area contributed by atoms with E-state index in [1.54, 1.807) is 0 Å². The van der Waals surface area contributed by atoms with Crippen LogP contribution in [-0.2, 0) is 13.6 Å². The molecule has 0 spiro atoms. The van der Waals surface area contributed by atoms with Gasteiger partial charge in [-0.25, -0.2) is 0 Å². The highest BCUT2D eigenvalue weighted by molar-refractivity contribution is 5.34. The van der Waals surface area contributed by atoms with Crippen LogP contribution in [0.1, 0.15) is 47.5 Å². The monoisotopic (exact) mass is 281 g/mol. The number of hydrogen-bond acceptors (Lipinski definition) is 2. The molecule has 0 saturated carbocycles. The third-order valence-electron chi connectivity index (χ3n) is 4.18. The molecule has 3 nitrogen and oxygen atoms in total. The molecule has 3 heteroatoms. The molecule has 1 aromatic heterocycles. The molecule has 1 atom stereocenters. The number of benzene rings is 1. The lowest BCUT2D eigenvalue weighted by Gasteiger charge is -2.18. The summed E-state index contributed by atoms with van der Waals surface area (Å²) >= 11 is 0. The molecule has 1 N–H and O–H groups in total. The summed E-state index contributed by atoms with van der Waals surface area (Å²) in [5.41, 5.74) is 5.66. The van der Waals surface area contributed by atoms with E-state index in [0.717, 1.165) is 18.7 Å². The molecule has 0 bridgehead atoms. The SMILES string of the molecule is CCC(NCc1cc(C#N)n(C)c1C)c1ccc(C)cc1. The number of nitrogens with zero attached hydrogens (tertiary/aromatic N) is 2. The largest absolute Gasteiger partial charge is 0.340 e. The molecule has 0 aliphatic carbocycles. The summed E-state index contributed by atoms with van der Waals surface area (Å²) < 4.78 is 1.95. The molecular weight excluding hydrogens is 258 g/mol. The van der Waals surface area contributed by atoms with Gasteiger partial charge in [-0.3, -0.25) is 0 Å². The van der Waals surface area contributed by atoms with Crippen LogP contribution in [0.4, 0.5) is 0 Å². The fraction of sp³-hybridized carbons (Fsp3) is 0.389. The number of rotatable bonds is 5. The fourth-order valence-electron chi connectivity index (χ4n) is 2.58. The second-order valence-corrected chi connectivity index (χ2v) is 5.56. The molecule has 0 aliphatic rings. The Balaban J connectivity index is 2.10. The number of nitriles is 1. The Kier molecular flexibility index (Phi) is 4.82. The summed E-state index contributed by atoms with van der Waals surface area (Å²) in [6.45, 7) is 7.14. The predicted octanol–water partition coefficient (Wildman–Crippen LogP) is 3.75. The maximum atomic E-state index is 9.09. The van der Waals surface area contributed by atoms with Crippen LogP contribution in [0, 0.1) is 25.2 Å². The first-order valence-corrected chi connectivity index (χ1v) is 7.42. The first kappa shape index (κ1) is 15.3. The van der Waals surface area contributed by atoms with Crippen molar-refractivity contribution in [3.63, 3.8) is 0 Å². The van der Waals surface area contributed by atoms with Gasteiger partial charge in [0.2, 0.25) is 0 Å². The molecule has 1 aromatic carbocycles. The van der Waals surface area contributed by atoms with Gasteiger partial charge >= 0.3 is 0 Å². The van der Waals surface area contributed by atoms with Gasteiger partial charge in [-0.05, 0) is 37.5 Å². The van der Waals surface area contributed by atoms with E-state index in [1.165, 1.54) is 16.7 Å². The quantitative estimate of drug-likeness (QED) is 0.906. The Bertz CT molecular complexity index is 644. The normalized spacial score (nSPS) is 12.1. The maximum absolute atomic E-state index is 9.09. The minimum absolute atomic E-state index is 0.343. The fourth-order valence-corrected chi connectivity index (χ4v) is 2.58. The van der Waals surface area contributed by atoms with E-state index in [4.69, 9.17) is 5.26 Å². The molecule has 0 amide bonds. The van der Waals surface area contributed by atoms with Crippen LogP contribution in [-0.4, -0.2) is 4.57 Å². The molecule has 110 valence electrons. The molecule has 0 aliphatic heterocycles. The zero-order valence-electron chi connectivity index (χ0n) is 13.3. The number of aryl methyl sites for hydroxylation is 1. The highest BCUT2D eigenvalue weighted by atomic mass is 15.0. The summed E-state index contributed by atoms with van der Waals surface area (Å²) in [4.78, 5) is 0. The van der Waals surface area contributed by atoms with Gasteiger partial charge < -0.3 is 9.88 Å². The van der Waals surface area contributed by atoms with Crippen molar-refractivity contribution in [3.05, 3.63) is 58.4 Å². The zero-order valence-corrected chi connectivity index (χ0v) is 13.3. The van der Waals surface area contributed by atoms with E-state index < -0.39 is 0 Å². The lowest BCUT2D eigenvalue weighted by molar-refractivity contribution is 0.517. The average Bonchev–Trinajstić information content (AvgIpc) is 2.77. The minimum Gasteiger partial charge on any atom is -0.340 e. The van der Waals surface area contributed by atoms with Gasteiger partial charge in [-0.15, -0.1) is 0 Å². The van der Waals surface area contributed by atoms with Crippen molar-refractivity contribution >= 4 is 0 Å². The van der Waals surface area contributed by atoms with Gasteiger partial charge in [0, 0.05) is 25.3 Å². The van der Waals surface area contributed by atoms with Gasteiger partial charge in [0.05, 0.1) is 0 Å². The Morgan fingerprint density at radius 1 is 1.24 bits per heavy atom. The van der Waals surface area contributed by atoms with Gasteiger partial charge in [-0.1, -0.05) is 36.8 Å². The van der Waals surface area contributed by atoms with Crippen LogP contribution in [0.5, 0.6) is 0 Å². The number of nitrogens with one attached hydrogen (secondary N) is 1. The number of hydrogen-bond donors (Lipinski definition) is 1. The summed E-state index contributed by atoms with van der Waals surface area (Å²) in [5.74, 6) is 0. The van der Waals surface area contributed by atoms with Crippen LogP contribution in [0.25, 0.3) is 0 Å². The molecule has 1 unspecified atom stereocenters. The topological polar surface area (TPSA) is 40.8 Å². The Labute approximate surface area is 127 Å². The van der Waals surface area contributed by atoms with E-state index in [2.05, 4.69) is 56.4 Å². The maximum Gasteiger partial charge on any atom is 0.120 e. The van der Waals surface area contributed by atoms with E-state index >= 15 is 0 Å². The summed E-state index contributed by atoms with van der Waals surface area (Å²) in [6, 6.07) is 13.2. The second kappa shape index (κ2) is 6.60. The van der Waals surface area contributed by atoms with Crippen LogP contribution in [0.15, 0.2) is 30.3 Å². The van der Waals surface area contributed by atoms with E-state index in [1.807, 2.05) is 17.7 Å². The molecule has 0 fully saturated rings. The van der Waals surface area contributed by atoms with Crippen LogP contribution in [0.3, 0.4) is 0 Å². The van der Waals surface area contributed by atoms with Crippen molar-refractivity contribution in [2.45, 2.75) is 39.8 Å². The predicted molar refractivity (Wildman–Crippen MR) is 85.9 cm³/mol. The zero-order chi connectivity index (χ0) is 15.4. The third-order valence-corrected chi connectivity index (χ3v) is 4.18. The lowest BCUT2D eigenvalue weighted by Crippen LogP contribution is -2.20.